The van der Waals surface area contributed by atoms with E-state index >= 15 is 0 Å². The molecule has 2 aromatic carbocycles. The Balaban J connectivity index is 1.34. The maximum atomic E-state index is 6.00. The van der Waals surface area contributed by atoms with Crippen molar-refractivity contribution >= 4 is 0 Å². The first-order chi connectivity index (χ1) is 21.3. The molecule has 0 aliphatic heterocycles. The molecular weight excluding hydrogens is 548 g/mol. The smallest absolute Gasteiger partial charge is 0.154 e. The summed E-state index contributed by atoms with van der Waals surface area (Å²) in [6, 6.07) is 36.1. The molecule has 0 bridgehead atoms. The molecule has 6 aromatic rings. The summed E-state index contributed by atoms with van der Waals surface area (Å²) in [4.78, 5) is 9.94. The molecule has 0 fully saturated rings. The van der Waals surface area contributed by atoms with E-state index in [1.807, 2.05) is 122 Å². The number of aromatic nitrogens is 6. The minimum atomic E-state index is -0.704. The molecule has 0 aliphatic rings. The Labute approximate surface area is 258 Å². The second kappa shape index (κ2) is 11.6. The molecule has 6 rings (SSSR count). The molecule has 8 nitrogen and oxygen atoms in total. The third-order valence-corrected chi connectivity index (χ3v) is 8.38. The van der Waals surface area contributed by atoms with Crippen LogP contribution in [0, 0.1) is 13.8 Å². The molecule has 0 amide bonds. The number of pyridine rings is 2. The van der Waals surface area contributed by atoms with Crippen LogP contribution in [0.1, 0.15) is 47.8 Å². The fourth-order valence-corrected chi connectivity index (χ4v) is 5.50. The standard InChI is InChI=1S/C36H36N6O2/c1-25-23-31(35(3,43-5)27-15-9-7-10-16-27)39-41(25)33-21-13-19-29(37-33)30-20-14-22-34(38-30)42-26(2)24-32(40-42)36(4,44-6)28-17-11-8-12-18-28/h7-24H,1-6H3/t35-,36-/m1/s1. The summed E-state index contributed by atoms with van der Waals surface area (Å²) in [6.07, 6.45) is 0. The van der Waals surface area contributed by atoms with E-state index < -0.39 is 11.2 Å². The van der Waals surface area contributed by atoms with Crippen LogP contribution >= 0.6 is 0 Å². The van der Waals surface area contributed by atoms with Gasteiger partial charge in [-0.15, -0.1) is 0 Å². The lowest BCUT2D eigenvalue weighted by Gasteiger charge is -2.26. The van der Waals surface area contributed by atoms with Gasteiger partial charge in [-0.3, -0.25) is 0 Å². The van der Waals surface area contributed by atoms with Gasteiger partial charge in [0.2, 0.25) is 0 Å². The highest BCUT2D eigenvalue weighted by Gasteiger charge is 2.33. The second-order valence-electron chi connectivity index (χ2n) is 11.1. The Bertz CT molecular complexity index is 1760. The number of methoxy groups -OCH3 is 2. The van der Waals surface area contributed by atoms with Gasteiger partial charge in [0.15, 0.2) is 11.6 Å². The average Bonchev–Trinajstić information content (AvgIpc) is 3.68. The fraction of sp³-hybridized carbons (Fsp3) is 0.222. The summed E-state index contributed by atoms with van der Waals surface area (Å²) >= 11 is 0. The molecule has 44 heavy (non-hydrogen) atoms. The van der Waals surface area contributed by atoms with Crippen molar-refractivity contribution in [3.05, 3.63) is 143 Å². The van der Waals surface area contributed by atoms with Gasteiger partial charge in [0.25, 0.3) is 0 Å². The molecule has 0 aliphatic carbocycles. The quantitative estimate of drug-likeness (QED) is 0.183. The Morgan fingerprint density at radius 2 is 0.909 bits per heavy atom. The fourth-order valence-electron chi connectivity index (χ4n) is 5.50. The summed E-state index contributed by atoms with van der Waals surface area (Å²) in [6.45, 7) is 8.11. The number of hydrogen-bond donors (Lipinski definition) is 0. The molecular formula is C36H36N6O2. The average molecular weight is 585 g/mol. The zero-order valence-electron chi connectivity index (χ0n) is 25.9. The van der Waals surface area contributed by atoms with E-state index in [-0.39, 0.29) is 0 Å². The van der Waals surface area contributed by atoms with Crippen molar-refractivity contribution in [3.8, 4) is 23.0 Å². The second-order valence-corrected chi connectivity index (χ2v) is 11.1. The third-order valence-electron chi connectivity index (χ3n) is 8.38. The number of hydrogen-bond acceptors (Lipinski definition) is 6. The molecule has 0 spiro atoms. The van der Waals surface area contributed by atoms with Crippen LogP contribution in [0.4, 0.5) is 0 Å². The van der Waals surface area contributed by atoms with Crippen molar-refractivity contribution in [1.29, 1.82) is 0 Å². The van der Waals surface area contributed by atoms with E-state index in [1.165, 1.54) is 0 Å². The van der Waals surface area contributed by atoms with Crippen LogP contribution in [-0.2, 0) is 20.7 Å². The molecule has 222 valence electrons. The highest BCUT2D eigenvalue weighted by atomic mass is 16.5. The zero-order valence-corrected chi connectivity index (χ0v) is 25.9. The van der Waals surface area contributed by atoms with E-state index in [0.717, 1.165) is 45.3 Å². The number of benzene rings is 2. The van der Waals surface area contributed by atoms with Crippen molar-refractivity contribution < 1.29 is 9.47 Å². The van der Waals surface area contributed by atoms with Crippen molar-refractivity contribution in [2.24, 2.45) is 0 Å². The summed E-state index contributed by atoms with van der Waals surface area (Å²) in [7, 11) is 3.42. The van der Waals surface area contributed by atoms with Crippen LogP contribution in [0.3, 0.4) is 0 Å². The summed E-state index contributed by atoms with van der Waals surface area (Å²) in [5, 5.41) is 9.90. The minimum absolute atomic E-state index is 0.696. The molecule has 0 saturated carbocycles. The van der Waals surface area contributed by atoms with Crippen LogP contribution in [0.5, 0.6) is 0 Å². The Morgan fingerprint density at radius 1 is 0.523 bits per heavy atom. The number of nitrogens with zero attached hydrogens (tertiary/aromatic N) is 6. The topological polar surface area (TPSA) is 79.9 Å². The van der Waals surface area contributed by atoms with Crippen LogP contribution < -0.4 is 0 Å². The van der Waals surface area contributed by atoms with E-state index in [4.69, 9.17) is 29.6 Å². The van der Waals surface area contributed by atoms with E-state index in [1.54, 1.807) is 14.2 Å². The molecule has 4 heterocycles. The minimum Gasteiger partial charge on any atom is -0.367 e. The predicted molar refractivity (Wildman–Crippen MR) is 171 cm³/mol. The van der Waals surface area contributed by atoms with Gasteiger partial charge in [-0.1, -0.05) is 72.8 Å². The SMILES string of the molecule is CO[C@](C)(c1ccccc1)c1cc(C)n(-c2cccc(-c3cccc(-n4nc([C@](C)(OC)c5ccccc5)cc4C)n3)n2)n1. The van der Waals surface area contributed by atoms with Crippen LogP contribution in [0.2, 0.25) is 0 Å². The first-order valence-corrected chi connectivity index (χ1v) is 14.6. The molecule has 0 unspecified atom stereocenters. The van der Waals surface area contributed by atoms with Crippen molar-refractivity contribution in [2.45, 2.75) is 38.9 Å². The summed E-state index contributed by atoms with van der Waals surface area (Å²) in [5.74, 6) is 1.39. The van der Waals surface area contributed by atoms with Gasteiger partial charge in [0.05, 0.1) is 22.8 Å². The number of rotatable bonds is 9. The Morgan fingerprint density at radius 3 is 1.27 bits per heavy atom. The lowest BCUT2D eigenvalue weighted by atomic mass is 9.92. The molecule has 4 aromatic heterocycles. The lowest BCUT2D eigenvalue weighted by Crippen LogP contribution is -2.26. The van der Waals surface area contributed by atoms with Gasteiger partial charge < -0.3 is 9.47 Å². The van der Waals surface area contributed by atoms with Crippen molar-refractivity contribution in [1.82, 2.24) is 29.5 Å². The third kappa shape index (κ3) is 5.12. The van der Waals surface area contributed by atoms with Crippen molar-refractivity contribution in [2.75, 3.05) is 14.2 Å². The highest BCUT2D eigenvalue weighted by Crippen LogP contribution is 2.34. The Kier molecular flexibility index (Phi) is 7.71. The summed E-state index contributed by atoms with van der Waals surface area (Å²) < 4.78 is 15.7. The van der Waals surface area contributed by atoms with Gasteiger partial charge >= 0.3 is 0 Å². The lowest BCUT2D eigenvalue weighted by molar-refractivity contribution is 0.0349. The number of ether oxygens (including phenoxy) is 2. The number of aryl methyl sites for hydroxylation is 2. The van der Waals surface area contributed by atoms with E-state index in [2.05, 4.69) is 24.3 Å². The van der Waals surface area contributed by atoms with Gasteiger partial charge in [-0.2, -0.15) is 10.2 Å². The van der Waals surface area contributed by atoms with Crippen LogP contribution in [0.15, 0.2) is 109 Å². The van der Waals surface area contributed by atoms with Gasteiger partial charge in [-0.25, -0.2) is 19.3 Å². The molecule has 8 heteroatoms. The predicted octanol–water partition coefficient (Wildman–Crippen LogP) is 6.95. The molecule has 0 radical (unpaired) electrons. The molecule has 2 atom stereocenters. The Hall–Kier alpha value is -4.92. The summed E-state index contributed by atoms with van der Waals surface area (Å²) in [5.41, 5.74) is 5.62. The first kappa shape index (κ1) is 29.2. The van der Waals surface area contributed by atoms with Gasteiger partial charge in [0, 0.05) is 25.6 Å². The maximum Gasteiger partial charge on any atom is 0.154 e. The van der Waals surface area contributed by atoms with Crippen LogP contribution in [-0.4, -0.2) is 43.7 Å². The van der Waals surface area contributed by atoms with Crippen molar-refractivity contribution in [3.63, 3.8) is 0 Å². The van der Waals surface area contributed by atoms with Gasteiger partial charge in [0.1, 0.15) is 11.2 Å². The monoisotopic (exact) mass is 584 g/mol. The normalized spacial score (nSPS) is 14.2. The molecule has 0 N–H and O–H groups in total. The van der Waals surface area contributed by atoms with E-state index in [0.29, 0.717) is 11.6 Å². The van der Waals surface area contributed by atoms with Gasteiger partial charge in [-0.05, 0) is 75.2 Å². The van der Waals surface area contributed by atoms with Crippen LogP contribution in [0.25, 0.3) is 23.0 Å². The van der Waals surface area contributed by atoms with E-state index in [9.17, 15) is 0 Å². The highest BCUT2D eigenvalue weighted by molar-refractivity contribution is 5.57. The first-order valence-electron chi connectivity index (χ1n) is 14.6. The largest absolute Gasteiger partial charge is 0.367 e. The maximum absolute atomic E-state index is 6.00. The molecule has 0 saturated heterocycles. The zero-order chi connectivity index (χ0) is 30.9.